The number of unbranched alkanes of at least 4 members (excludes halogenated alkanes) is 3. The number of hydrogen-bond donors (Lipinski definition) is 2. The maximum Gasteiger partial charge on any atom is 0.292 e. The van der Waals surface area contributed by atoms with Gasteiger partial charge in [0, 0.05) is 18.8 Å². The van der Waals surface area contributed by atoms with E-state index in [0.717, 1.165) is 23.5 Å². The average Bonchev–Trinajstić information content (AvgIpc) is 3.02. The first-order valence-corrected chi connectivity index (χ1v) is 10.7. The van der Waals surface area contributed by atoms with Gasteiger partial charge in [0.05, 0.1) is 31.8 Å². The fraction of sp³-hybridized carbons (Fsp3) is 0.591. The van der Waals surface area contributed by atoms with Crippen molar-refractivity contribution < 1.29 is 24.0 Å². The Morgan fingerprint density at radius 1 is 1.14 bits per heavy atom. The van der Waals surface area contributed by atoms with Crippen molar-refractivity contribution in [2.24, 2.45) is 11.7 Å². The number of carbonyl (C=O) groups is 3. The minimum Gasteiger partial charge on any atom is -0.494 e. The van der Waals surface area contributed by atoms with E-state index >= 15 is 0 Å². The number of amides is 3. The SMILES string of the molecule is CCCCCCOc1ccc(N2C(=O)C[C@@H]([NH+]3CCC(C(N)=O)CC3)C2=O)cc1. The largest absolute Gasteiger partial charge is 0.494 e. The van der Waals surface area contributed by atoms with Crippen LogP contribution in [0.1, 0.15) is 51.9 Å². The Kier molecular flexibility index (Phi) is 7.25. The molecule has 2 aliphatic rings. The van der Waals surface area contributed by atoms with Gasteiger partial charge in [-0.15, -0.1) is 0 Å². The second kappa shape index (κ2) is 9.87. The molecule has 2 aliphatic heterocycles. The van der Waals surface area contributed by atoms with Gasteiger partial charge in [0.1, 0.15) is 5.75 Å². The van der Waals surface area contributed by atoms with Gasteiger partial charge in [0.25, 0.3) is 5.91 Å². The van der Waals surface area contributed by atoms with Crippen molar-refractivity contribution >= 4 is 23.4 Å². The summed E-state index contributed by atoms with van der Waals surface area (Å²) in [7, 11) is 0. The minimum absolute atomic E-state index is 0.114. The molecule has 2 saturated heterocycles. The molecule has 1 atom stereocenters. The summed E-state index contributed by atoms with van der Waals surface area (Å²) in [6.07, 6.45) is 6.15. The van der Waals surface area contributed by atoms with Crippen LogP contribution in [0, 0.1) is 5.92 Å². The number of rotatable bonds is 9. The highest BCUT2D eigenvalue weighted by molar-refractivity contribution is 6.21. The van der Waals surface area contributed by atoms with E-state index in [1.54, 1.807) is 12.1 Å². The molecule has 29 heavy (non-hydrogen) atoms. The van der Waals surface area contributed by atoms with Gasteiger partial charge in [-0.25, -0.2) is 4.90 Å². The Morgan fingerprint density at radius 3 is 2.45 bits per heavy atom. The van der Waals surface area contributed by atoms with Gasteiger partial charge in [-0.05, 0) is 30.7 Å². The van der Waals surface area contributed by atoms with E-state index in [-0.39, 0.29) is 36.1 Å². The summed E-state index contributed by atoms with van der Waals surface area (Å²) in [5.74, 6) is 0.0392. The molecule has 0 aromatic heterocycles. The predicted molar refractivity (Wildman–Crippen MR) is 110 cm³/mol. The van der Waals surface area contributed by atoms with Gasteiger partial charge in [0.2, 0.25) is 11.8 Å². The van der Waals surface area contributed by atoms with Crippen LogP contribution in [0.4, 0.5) is 5.69 Å². The van der Waals surface area contributed by atoms with Gasteiger partial charge >= 0.3 is 0 Å². The number of quaternary nitrogens is 1. The number of benzene rings is 1. The molecule has 1 aromatic carbocycles. The molecule has 0 spiro atoms. The summed E-state index contributed by atoms with van der Waals surface area (Å²) >= 11 is 0. The lowest BCUT2D eigenvalue weighted by atomic mass is 9.95. The summed E-state index contributed by atoms with van der Waals surface area (Å²) < 4.78 is 5.74. The smallest absolute Gasteiger partial charge is 0.292 e. The molecule has 2 fully saturated rings. The Labute approximate surface area is 172 Å². The molecule has 2 heterocycles. The number of nitrogens with zero attached hydrogens (tertiary/aromatic N) is 1. The molecule has 0 saturated carbocycles. The van der Waals surface area contributed by atoms with Gasteiger partial charge in [-0.1, -0.05) is 26.2 Å². The number of nitrogens with one attached hydrogen (secondary N) is 1. The van der Waals surface area contributed by atoms with Crippen LogP contribution in [0.15, 0.2) is 24.3 Å². The van der Waals surface area contributed by atoms with Crippen molar-refractivity contribution in [3.8, 4) is 5.75 Å². The number of piperidine rings is 1. The molecule has 7 nitrogen and oxygen atoms in total. The monoisotopic (exact) mass is 402 g/mol. The first-order chi connectivity index (χ1) is 14.0. The van der Waals surface area contributed by atoms with Gasteiger partial charge < -0.3 is 15.4 Å². The molecule has 0 radical (unpaired) electrons. The summed E-state index contributed by atoms with van der Waals surface area (Å²) in [5, 5.41) is 0. The van der Waals surface area contributed by atoms with E-state index in [4.69, 9.17) is 10.5 Å². The number of carbonyl (C=O) groups excluding carboxylic acids is 3. The van der Waals surface area contributed by atoms with Crippen LogP contribution in [0.3, 0.4) is 0 Å². The number of anilines is 1. The topological polar surface area (TPSA) is 94.1 Å². The highest BCUT2D eigenvalue weighted by Crippen LogP contribution is 2.25. The summed E-state index contributed by atoms with van der Waals surface area (Å²) in [6.45, 7) is 4.23. The first-order valence-electron chi connectivity index (χ1n) is 10.7. The van der Waals surface area contributed by atoms with E-state index in [1.807, 2.05) is 12.1 Å². The van der Waals surface area contributed by atoms with E-state index in [1.165, 1.54) is 17.7 Å². The van der Waals surface area contributed by atoms with Gasteiger partial charge in [-0.2, -0.15) is 0 Å². The number of nitrogens with two attached hydrogens (primary N) is 1. The Balaban J connectivity index is 1.56. The fourth-order valence-electron chi connectivity index (χ4n) is 4.25. The van der Waals surface area contributed by atoms with Crippen molar-refractivity contribution in [2.45, 2.75) is 57.9 Å². The highest BCUT2D eigenvalue weighted by Gasteiger charge is 2.46. The second-order valence-corrected chi connectivity index (χ2v) is 8.06. The zero-order valence-corrected chi connectivity index (χ0v) is 17.2. The number of likely N-dealkylation sites (tertiary alicyclic amines) is 1. The van der Waals surface area contributed by atoms with Crippen LogP contribution >= 0.6 is 0 Å². The lowest BCUT2D eigenvalue weighted by Gasteiger charge is -2.30. The average molecular weight is 403 g/mol. The van der Waals surface area contributed by atoms with Crippen molar-refractivity contribution in [1.82, 2.24) is 0 Å². The van der Waals surface area contributed by atoms with E-state index in [2.05, 4.69) is 6.92 Å². The van der Waals surface area contributed by atoms with Crippen LogP contribution in [-0.2, 0) is 14.4 Å². The molecule has 3 rings (SSSR count). The van der Waals surface area contributed by atoms with E-state index in [0.29, 0.717) is 38.2 Å². The normalized spacial score (nSPS) is 24.7. The van der Waals surface area contributed by atoms with Crippen LogP contribution in [-0.4, -0.2) is 43.5 Å². The summed E-state index contributed by atoms with van der Waals surface area (Å²) in [6, 6.07) is 6.80. The number of primary amides is 1. The maximum atomic E-state index is 12.9. The van der Waals surface area contributed by atoms with E-state index < -0.39 is 0 Å². The zero-order chi connectivity index (χ0) is 20.8. The second-order valence-electron chi connectivity index (χ2n) is 8.06. The van der Waals surface area contributed by atoms with Crippen molar-refractivity contribution in [3.63, 3.8) is 0 Å². The van der Waals surface area contributed by atoms with Crippen molar-refractivity contribution in [2.75, 3.05) is 24.6 Å². The molecule has 0 bridgehead atoms. The predicted octanol–water partition coefficient (Wildman–Crippen LogP) is 1.06. The molecule has 0 unspecified atom stereocenters. The standard InChI is InChI=1S/C22H31N3O4/c1-2-3-4-5-14-29-18-8-6-17(7-9-18)25-20(26)15-19(22(25)28)24-12-10-16(11-13-24)21(23)27/h6-9,16,19H,2-5,10-15H2,1H3,(H2,23,27)/p+1/t19-/m1/s1. The van der Waals surface area contributed by atoms with Crippen molar-refractivity contribution in [1.29, 1.82) is 0 Å². The first kappa shape index (κ1) is 21.3. The number of imide groups is 1. The Morgan fingerprint density at radius 2 is 1.83 bits per heavy atom. The third-order valence-electron chi connectivity index (χ3n) is 6.03. The lowest BCUT2D eigenvalue weighted by Crippen LogP contribution is -3.17. The van der Waals surface area contributed by atoms with Gasteiger partial charge in [0.15, 0.2) is 6.04 Å². The summed E-state index contributed by atoms with van der Waals surface area (Å²) in [4.78, 5) is 39.2. The van der Waals surface area contributed by atoms with Crippen LogP contribution in [0.5, 0.6) is 5.75 Å². The number of hydrogen-bond acceptors (Lipinski definition) is 4. The summed E-state index contributed by atoms with van der Waals surface area (Å²) in [5.41, 5.74) is 5.98. The molecule has 3 N–H and O–H groups in total. The molecule has 0 aliphatic carbocycles. The molecule has 7 heteroatoms. The van der Waals surface area contributed by atoms with Gasteiger partial charge in [-0.3, -0.25) is 14.4 Å². The van der Waals surface area contributed by atoms with E-state index in [9.17, 15) is 14.4 Å². The fourth-order valence-corrected chi connectivity index (χ4v) is 4.25. The Hall–Kier alpha value is -2.41. The molecular formula is C22H32N3O4+. The van der Waals surface area contributed by atoms with Crippen LogP contribution in [0.2, 0.25) is 0 Å². The molecule has 3 amide bonds. The molecular weight excluding hydrogens is 370 g/mol. The molecule has 1 aromatic rings. The van der Waals surface area contributed by atoms with Crippen molar-refractivity contribution in [3.05, 3.63) is 24.3 Å². The minimum atomic E-state index is -0.370. The quantitative estimate of drug-likeness (QED) is 0.477. The third kappa shape index (κ3) is 5.15. The highest BCUT2D eigenvalue weighted by atomic mass is 16.5. The van der Waals surface area contributed by atoms with Crippen LogP contribution in [0.25, 0.3) is 0 Å². The zero-order valence-electron chi connectivity index (χ0n) is 17.2. The third-order valence-corrected chi connectivity index (χ3v) is 6.03. The number of ether oxygens (including phenoxy) is 1. The lowest BCUT2D eigenvalue weighted by molar-refractivity contribution is -0.920. The van der Waals surface area contributed by atoms with Crippen LogP contribution < -0.4 is 20.3 Å². The Bertz CT molecular complexity index is 726. The molecule has 158 valence electrons. The maximum absolute atomic E-state index is 12.9.